The van der Waals surface area contributed by atoms with Crippen LogP contribution in [-0.2, 0) is 27.5 Å². The monoisotopic (exact) mass is 470 g/mol. The van der Waals surface area contributed by atoms with Gasteiger partial charge in [0.2, 0.25) is 5.16 Å². The Balaban J connectivity index is 1.83. The van der Waals surface area contributed by atoms with Crippen LogP contribution in [0.3, 0.4) is 0 Å². The first-order valence-electron chi connectivity index (χ1n) is 9.70. The highest BCUT2D eigenvalue weighted by molar-refractivity contribution is 7.86. The van der Waals surface area contributed by atoms with E-state index in [1.54, 1.807) is 56.9 Å². The summed E-state index contributed by atoms with van der Waals surface area (Å²) >= 11 is 0. The first kappa shape index (κ1) is 22.1. The summed E-state index contributed by atoms with van der Waals surface area (Å²) in [5.41, 5.74) is 3.47. The van der Waals surface area contributed by atoms with Crippen LogP contribution in [0.25, 0.3) is 11.0 Å². The van der Waals surface area contributed by atoms with Crippen molar-refractivity contribution in [3.8, 4) is 11.5 Å². The van der Waals surface area contributed by atoms with Crippen molar-refractivity contribution in [2.45, 2.75) is 29.7 Å². The van der Waals surface area contributed by atoms with Gasteiger partial charge in [-0.2, -0.15) is 0 Å². The second-order valence-electron chi connectivity index (χ2n) is 7.02. The maximum absolute atomic E-state index is 13.5. The topological polar surface area (TPSA) is 96.2 Å². The molecule has 0 N–H and O–H groups in total. The third-order valence-corrected chi connectivity index (χ3v) is 7.69. The predicted molar refractivity (Wildman–Crippen MR) is 123 cm³/mol. The minimum absolute atomic E-state index is 0.104. The minimum atomic E-state index is -1.71. The molecular formula is C22H22N4O4S2. The van der Waals surface area contributed by atoms with E-state index in [0.29, 0.717) is 33.1 Å². The van der Waals surface area contributed by atoms with E-state index >= 15 is 0 Å². The quantitative estimate of drug-likeness (QED) is 0.409. The Morgan fingerprint density at radius 3 is 2.56 bits per heavy atom. The van der Waals surface area contributed by atoms with Crippen LogP contribution in [0.5, 0.6) is 11.5 Å². The fourth-order valence-electron chi connectivity index (χ4n) is 3.40. The van der Waals surface area contributed by atoms with Crippen molar-refractivity contribution >= 4 is 32.8 Å². The van der Waals surface area contributed by atoms with Crippen LogP contribution in [0.4, 0.5) is 0 Å². The Hall–Kier alpha value is -3.11. The van der Waals surface area contributed by atoms with E-state index in [-0.39, 0.29) is 10.9 Å². The van der Waals surface area contributed by atoms with E-state index in [1.807, 2.05) is 13.8 Å². The highest BCUT2D eigenvalue weighted by atomic mass is 32.2. The van der Waals surface area contributed by atoms with Crippen molar-refractivity contribution in [2.75, 3.05) is 14.2 Å². The van der Waals surface area contributed by atoms with Gasteiger partial charge in [-0.15, -0.1) is 0 Å². The van der Waals surface area contributed by atoms with Crippen LogP contribution in [-0.4, -0.2) is 41.6 Å². The first-order chi connectivity index (χ1) is 15.4. The zero-order valence-electron chi connectivity index (χ0n) is 18.1. The fourth-order valence-corrected chi connectivity index (χ4v) is 6.07. The maximum atomic E-state index is 13.5. The highest BCUT2D eigenvalue weighted by Gasteiger charge is 2.24. The number of methoxy groups -OCH3 is 2. The van der Waals surface area contributed by atoms with Gasteiger partial charge in [0, 0.05) is 35.8 Å². The normalized spacial score (nSPS) is 13.1. The van der Waals surface area contributed by atoms with Crippen LogP contribution in [0.2, 0.25) is 0 Å². The summed E-state index contributed by atoms with van der Waals surface area (Å²) in [6, 6.07) is 8.66. The summed E-state index contributed by atoms with van der Waals surface area (Å²) in [5, 5.41) is 0.191. The summed E-state index contributed by atoms with van der Waals surface area (Å²) in [6.07, 6.45) is 4.82. The number of fused-ring (bicyclic) bond motifs is 1. The van der Waals surface area contributed by atoms with Crippen molar-refractivity contribution in [1.82, 2.24) is 18.9 Å². The zero-order chi connectivity index (χ0) is 22.8. The third-order valence-electron chi connectivity index (χ3n) is 5.01. The first-order valence-corrected chi connectivity index (χ1v) is 12.1. The number of nitrogens with zero attached hydrogens (tertiary/aromatic N) is 4. The molecule has 0 saturated carbocycles. The average molecular weight is 471 g/mol. The van der Waals surface area contributed by atoms with E-state index in [1.165, 1.54) is 10.2 Å². The number of benzene rings is 1. The van der Waals surface area contributed by atoms with Gasteiger partial charge in [0.1, 0.15) is 11.5 Å². The molecule has 2 unspecified atom stereocenters. The van der Waals surface area contributed by atoms with Crippen LogP contribution in [0, 0.1) is 13.8 Å². The lowest BCUT2D eigenvalue weighted by Crippen LogP contribution is -2.13. The molecule has 4 rings (SSSR count). The van der Waals surface area contributed by atoms with Gasteiger partial charge in [0.15, 0.2) is 11.0 Å². The lowest BCUT2D eigenvalue weighted by molar-refractivity contribution is 0.407. The number of hydrogen-bond donors (Lipinski definition) is 0. The average Bonchev–Trinajstić information content (AvgIpc) is 3.20. The molecule has 32 heavy (non-hydrogen) atoms. The molecule has 0 aliphatic rings. The van der Waals surface area contributed by atoms with Gasteiger partial charge in [-0.25, -0.2) is 13.2 Å². The van der Waals surface area contributed by atoms with Gasteiger partial charge in [0.25, 0.3) is 0 Å². The van der Waals surface area contributed by atoms with Crippen molar-refractivity contribution < 1.29 is 17.9 Å². The zero-order valence-corrected chi connectivity index (χ0v) is 19.7. The van der Waals surface area contributed by atoms with Gasteiger partial charge in [0.05, 0.1) is 52.4 Å². The maximum Gasteiger partial charge on any atom is 0.212 e. The molecule has 0 amide bonds. The van der Waals surface area contributed by atoms with Crippen molar-refractivity contribution in [3.05, 3.63) is 65.7 Å². The van der Waals surface area contributed by atoms with Crippen molar-refractivity contribution in [3.63, 3.8) is 0 Å². The summed E-state index contributed by atoms with van der Waals surface area (Å²) in [6.45, 7) is 3.79. The Bertz CT molecular complexity index is 1340. The smallest absolute Gasteiger partial charge is 0.212 e. The molecule has 2 atom stereocenters. The summed E-state index contributed by atoms with van der Waals surface area (Å²) in [5.74, 6) is 1.40. The molecule has 4 aromatic rings. The molecule has 166 valence electrons. The second-order valence-corrected chi connectivity index (χ2v) is 9.70. The highest BCUT2D eigenvalue weighted by Crippen LogP contribution is 2.29. The molecule has 0 aliphatic carbocycles. The van der Waals surface area contributed by atoms with E-state index in [0.717, 1.165) is 11.1 Å². The number of imidazole rings is 1. The largest absolute Gasteiger partial charge is 0.497 e. The van der Waals surface area contributed by atoms with Gasteiger partial charge >= 0.3 is 0 Å². The van der Waals surface area contributed by atoms with Crippen LogP contribution < -0.4 is 9.47 Å². The lowest BCUT2D eigenvalue weighted by atomic mass is 10.1. The molecule has 3 heterocycles. The van der Waals surface area contributed by atoms with E-state index in [9.17, 15) is 8.42 Å². The van der Waals surface area contributed by atoms with Gasteiger partial charge in [-0.05, 0) is 38.1 Å². The van der Waals surface area contributed by atoms with Crippen LogP contribution in [0.15, 0.2) is 59.0 Å². The van der Waals surface area contributed by atoms with Gasteiger partial charge in [-0.1, -0.05) is 0 Å². The SMILES string of the molecule is COc1ccc2nc(S(=O)Cc3ncc(C)c(OC)c3C)n(S(=O)c3cccnc3)c2c1. The number of pyridine rings is 2. The molecule has 0 spiro atoms. The Labute approximate surface area is 190 Å². The standard InChI is InChI=1S/C22H22N4O4S2/c1-14-11-24-19(15(2)21(14)30-4)13-31(27)22-25-18-8-7-16(29-3)10-20(18)26(22)32(28)17-6-5-9-23-12-17/h5-12H,13H2,1-4H3. The fraction of sp³-hybridized carbons (Fsp3) is 0.227. The van der Waals surface area contributed by atoms with E-state index < -0.39 is 21.8 Å². The molecule has 0 saturated heterocycles. The molecule has 0 radical (unpaired) electrons. The Morgan fingerprint density at radius 1 is 1.06 bits per heavy atom. The molecular weight excluding hydrogens is 448 g/mol. The van der Waals surface area contributed by atoms with E-state index in [4.69, 9.17) is 9.47 Å². The van der Waals surface area contributed by atoms with Crippen LogP contribution >= 0.6 is 0 Å². The molecule has 3 aromatic heterocycles. The summed E-state index contributed by atoms with van der Waals surface area (Å²) in [7, 11) is -0.186. The Kier molecular flexibility index (Phi) is 6.33. The number of aryl methyl sites for hydroxylation is 1. The number of hydrogen-bond acceptors (Lipinski definition) is 7. The molecule has 0 fully saturated rings. The third kappa shape index (κ3) is 4.03. The van der Waals surface area contributed by atoms with E-state index in [2.05, 4.69) is 15.0 Å². The number of aromatic nitrogens is 4. The number of ether oxygens (including phenoxy) is 2. The minimum Gasteiger partial charge on any atom is -0.497 e. The van der Waals surface area contributed by atoms with Crippen molar-refractivity contribution in [1.29, 1.82) is 0 Å². The lowest BCUT2D eigenvalue weighted by Gasteiger charge is -2.12. The summed E-state index contributed by atoms with van der Waals surface area (Å²) in [4.78, 5) is 13.5. The molecule has 0 bridgehead atoms. The molecule has 0 aliphatic heterocycles. The molecule has 8 nitrogen and oxygen atoms in total. The number of rotatable bonds is 7. The Morgan fingerprint density at radius 2 is 1.88 bits per heavy atom. The molecule has 1 aromatic carbocycles. The van der Waals surface area contributed by atoms with Crippen molar-refractivity contribution in [2.24, 2.45) is 0 Å². The van der Waals surface area contributed by atoms with Gasteiger partial charge < -0.3 is 9.47 Å². The summed E-state index contributed by atoms with van der Waals surface area (Å²) < 4.78 is 39.3. The molecule has 10 heteroatoms. The van der Waals surface area contributed by atoms with Crippen LogP contribution in [0.1, 0.15) is 16.8 Å². The predicted octanol–water partition coefficient (Wildman–Crippen LogP) is 3.34. The van der Waals surface area contributed by atoms with Gasteiger partial charge in [-0.3, -0.25) is 14.2 Å². The second kappa shape index (κ2) is 9.17.